The number of benzene rings is 1. The van der Waals surface area contributed by atoms with Gasteiger partial charge in [0.2, 0.25) is 5.91 Å². The first-order valence-corrected chi connectivity index (χ1v) is 9.05. The van der Waals surface area contributed by atoms with Crippen LogP contribution in [0.1, 0.15) is 41.1 Å². The molecule has 1 atom stereocenters. The predicted molar refractivity (Wildman–Crippen MR) is 91.9 cm³/mol. The topological polar surface area (TPSA) is 63.4 Å². The monoisotopic (exact) mass is 362 g/mol. The molecule has 1 aliphatic heterocycles. The summed E-state index contributed by atoms with van der Waals surface area (Å²) in [6, 6.07) is 5.25. The number of amides is 2. The van der Waals surface area contributed by atoms with Crippen molar-refractivity contribution in [2.45, 2.75) is 43.6 Å². The van der Waals surface area contributed by atoms with Gasteiger partial charge in [0.05, 0.1) is 10.9 Å². The number of carbonyl (C=O) groups is 2. The van der Waals surface area contributed by atoms with Gasteiger partial charge in [0, 0.05) is 12.1 Å². The smallest absolute Gasteiger partial charge is 0.260 e. The van der Waals surface area contributed by atoms with Gasteiger partial charge in [0.25, 0.3) is 11.1 Å². The third kappa shape index (κ3) is 3.92. The molecule has 0 radical (unpaired) electrons. The van der Waals surface area contributed by atoms with Gasteiger partial charge in [-0.2, -0.15) is 0 Å². The van der Waals surface area contributed by atoms with Crippen molar-refractivity contribution in [3.63, 3.8) is 0 Å². The Morgan fingerprint density at radius 1 is 1.28 bits per heavy atom. The molecule has 132 valence electrons. The second-order valence-corrected chi connectivity index (χ2v) is 7.18. The van der Waals surface area contributed by atoms with Crippen molar-refractivity contribution < 1.29 is 18.4 Å². The van der Waals surface area contributed by atoms with E-state index in [9.17, 15) is 14.0 Å². The van der Waals surface area contributed by atoms with Crippen molar-refractivity contribution in [2.75, 3.05) is 6.54 Å². The zero-order valence-electron chi connectivity index (χ0n) is 14.1. The molecule has 1 fully saturated rings. The summed E-state index contributed by atoms with van der Waals surface area (Å²) in [5, 5.41) is 0.0359. The molecule has 25 heavy (non-hydrogen) atoms. The van der Waals surface area contributed by atoms with Crippen molar-refractivity contribution in [1.29, 1.82) is 0 Å². The van der Waals surface area contributed by atoms with Gasteiger partial charge in [-0.15, -0.1) is 0 Å². The van der Waals surface area contributed by atoms with Crippen LogP contribution in [0.25, 0.3) is 0 Å². The molecular formula is C18H19FN2O3S. The molecule has 1 saturated heterocycles. The van der Waals surface area contributed by atoms with Crippen molar-refractivity contribution in [1.82, 2.24) is 9.88 Å². The van der Waals surface area contributed by atoms with E-state index in [2.05, 4.69) is 4.98 Å². The highest BCUT2D eigenvalue weighted by Gasteiger charge is 2.33. The molecule has 1 aromatic heterocycles. The minimum atomic E-state index is -0.415. The molecule has 2 aromatic rings. The number of aryl methyl sites for hydroxylation is 2. The van der Waals surface area contributed by atoms with E-state index >= 15 is 0 Å². The minimum absolute atomic E-state index is 0.245. The van der Waals surface area contributed by atoms with Crippen LogP contribution in [0.15, 0.2) is 33.9 Å². The first kappa shape index (κ1) is 17.7. The van der Waals surface area contributed by atoms with Crippen LogP contribution < -0.4 is 0 Å². The first-order valence-electron chi connectivity index (χ1n) is 8.17. The number of carbonyl (C=O) groups excluding carboxylic acids is 2. The number of hydrogen-bond acceptors (Lipinski definition) is 5. The summed E-state index contributed by atoms with van der Waals surface area (Å²) in [7, 11) is 0. The second kappa shape index (κ2) is 7.39. The van der Waals surface area contributed by atoms with Gasteiger partial charge in [0.15, 0.2) is 0 Å². The molecule has 0 aliphatic carbocycles. The van der Waals surface area contributed by atoms with Gasteiger partial charge in [0.1, 0.15) is 11.6 Å². The number of oxazole rings is 1. The van der Waals surface area contributed by atoms with Crippen LogP contribution in [0.2, 0.25) is 0 Å². The maximum absolute atomic E-state index is 13.1. The Morgan fingerprint density at radius 2 is 2.00 bits per heavy atom. The first-order chi connectivity index (χ1) is 12.0. The van der Waals surface area contributed by atoms with Crippen LogP contribution in [0.5, 0.6) is 0 Å². The Kier molecular flexibility index (Phi) is 5.22. The molecule has 0 saturated carbocycles. The maximum Gasteiger partial charge on any atom is 0.260 e. The van der Waals surface area contributed by atoms with E-state index in [1.807, 2.05) is 13.8 Å². The van der Waals surface area contributed by atoms with Crippen molar-refractivity contribution in [3.05, 3.63) is 47.1 Å². The standard InChI is InChI=1S/C18H19FN2O3S/c1-11-12(2)24-18(20-11)25-15-5-3-4-10-21(17(15)23)16(22)13-6-8-14(19)9-7-13/h6-9,15H,3-5,10H2,1-2H3. The summed E-state index contributed by atoms with van der Waals surface area (Å²) in [6.07, 6.45) is 2.26. The van der Waals surface area contributed by atoms with Gasteiger partial charge >= 0.3 is 0 Å². The van der Waals surface area contributed by atoms with Crippen LogP contribution in [0.4, 0.5) is 4.39 Å². The summed E-state index contributed by atoms with van der Waals surface area (Å²) in [6.45, 7) is 4.05. The fourth-order valence-electron chi connectivity index (χ4n) is 2.68. The van der Waals surface area contributed by atoms with E-state index in [-0.39, 0.29) is 5.91 Å². The third-order valence-corrected chi connectivity index (χ3v) is 5.33. The number of rotatable bonds is 3. The quantitative estimate of drug-likeness (QED) is 0.778. The van der Waals surface area contributed by atoms with Crippen LogP contribution in [-0.4, -0.2) is 33.5 Å². The summed E-state index contributed by atoms with van der Waals surface area (Å²) in [4.78, 5) is 31.1. The maximum atomic E-state index is 13.1. The largest absolute Gasteiger partial charge is 0.437 e. The lowest BCUT2D eigenvalue weighted by atomic mass is 10.2. The molecule has 0 spiro atoms. The molecule has 7 heteroatoms. The van der Waals surface area contributed by atoms with Gasteiger partial charge < -0.3 is 4.42 Å². The minimum Gasteiger partial charge on any atom is -0.437 e. The number of nitrogens with zero attached hydrogens (tertiary/aromatic N) is 2. The number of likely N-dealkylation sites (tertiary alicyclic amines) is 1. The lowest BCUT2D eigenvalue weighted by molar-refractivity contribution is -0.127. The zero-order chi connectivity index (χ0) is 18.0. The molecule has 0 N–H and O–H groups in total. The van der Waals surface area contributed by atoms with E-state index < -0.39 is 17.0 Å². The van der Waals surface area contributed by atoms with E-state index in [0.717, 1.165) is 24.3 Å². The van der Waals surface area contributed by atoms with Crippen molar-refractivity contribution in [2.24, 2.45) is 0 Å². The van der Waals surface area contributed by atoms with Crippen LogP contribution in [0, 0.1) is 19.7 Å². The lowest BCUT2D eigenvalue weighted by Crippen LogP contribution is -2.41. The van der Waals surface area contributed by atoms with Crippen molar-refractivity contribution in [3.8, 4) is 0 Å². The van der Waals surface area contributed by atoms with Crippen LogP contribution in [0.3, 0.4) is 0 Å². The molecule has 2 heterocycles. The van der Waals surface area contributed by atoms with Crippen molar-refractivity contribution >= 4 is 23.6 Å². The lowest BCUT2D eigenvalue weighted by Gasteiger charge is -2.21. The van der Waals surface area contributed by atoms with E-state index in [0.29, 0.717) is 23.8 Å². The number of aromatic nitrogens is 1. The highest BCUT2D eigenvalue weighted by Crippen LogP contribution is 2.31. The summed E-state index contributed by atoms with van der Waals surface area (Å²) in [5.74, 6) is -0.327. The molecular weight excluding hydrogens is 343 g/mol. The predicted octanol–water partition coefficient (Wildman–Crippen LogP) is 3.74. The Bertz CT molecular complexity index is 769. The highest BCUT2D eigenvalue weighted by molar-refractivity contribution is 8.00. The highest BCUT2D eigenvalue weighted by atomic mass is 32.2. The molecule has 3 rings (SSSR count). The van der Waals surface area contributed by atoms with Gasteiger partial charge in [-0.3, -0.25) is 14.5 Å². The van der Waals surface area contributed by atoms with E-state index in [1.54, 1.807) is 0 Å². The summed E-state index contributed by atoms with van der Waals surface area (Å²) >= 11 is 1.26. The van der Waals surface area contributed by atoms with Gasteiger partial charge in [-0.1, -0.05) is 18.2 Å². The average molecular weight is 362 g/mol. The molecule has 0 bridgehead atoms. The Hall–Kier alpha value is -2.15. The van der Waals surface area contributed by atoms with Crippen LogP contribution >= 0.6 is 11.8 Å². The van der Waals surface area contributed by atoms with E-state index in [1.165, 1.54) is 40.9 Å². The zero-order valence-corrected chi connectivity index (χ0v) is 14.9. The number of thioether (sulfide) groups is 1. The fourth-order valence-corrected chi connectivity index (χ4v) is 3.80. The number of hydrogen-bond donors (Lipinski definition) is 0. The molecule has 1 unspecified atom stereocenters. The van der Waals surface area contributed by atoms with Gasteiger partial charge in [-0.25, -0.2) is 9.37 Å². The normalized spacial score (nSPS) is 18.3. The average Bonchev–Trinajstić information content (AvgIpc) is 2.79. The molecule has 5 nitrogen and oxygen atoms in total. The summed E-state index contributed by atoms with van der Waals surface area (Å²) in [5.41, 5.74) is 1.10. The summed E-state index contributed by atoms with van der Waals surface area (Å²) < 4.78 is 18.6. The molecule has 1 aromatic carbocycles. The molecule has 1 aliphatic rings. The Morgan fingerprint density at radius 3 is 2.64 bits per heavy atom. The van der Waals surface area contributed by atoms with E-state index in [4.69, 9.17) is 4.42 Å². The van der Waals surface area contributed by atoms with Crippen LogP contribution in [-0.2, 0) is 4.79 Å². The van der Waals surface area contributed by atoms with Gasteiger partial charge in [-0.05, 0) is 51.0 Å². The number of halogens is 1. The fraction of sp³-hybridized carbons (Fsp3) is 0.389. The third-order valence-electron chi connectivity index (χ3n) is 4.23. The molecule has 2 amide bonds. The SMILES string of the molecule is Cc1nc(SC2CCCCN(C(=O)c3ccc(F)cc3)C2=O)oc1C. The Labute approximate surface area is 149 Å². The second-order valence-electron chi connectivity index (χ2n) is 6.03. The Balaban J connectivity index is 1.78. The number of imide groups is 1.